The van der Waals surface area contributed by atoms with Gasteiger partial charge < -0.3 is 15.2 Å². The Hall–Kier alpha value is -1.14. The lowest BCUT2D eigenvalue weighted by atomic mass is 10.1. The number of carbonyl (C=O) groups is 1. The molecule has 3 atom stereocenters. The molecule has 2 fully saturated rings. The minimum atomic E-state index is -0.0791. The number of ether oxygens (including phenoxy) is 1. The maximum atomic E-state index is 12.4. The van der Waals surface area contributed by atoms with Crippen molar-refractivity contribution >= 4 is 17.5 Å². The molecule has 2 N–H and O–H groups in total. The minimum Gasteiger partial charge on any atom is -0.396 e. The predicted molar refractivity (Wildman–Crippen MR) is 88.9 cm³/mol. The number of morpholine rings is 1. The van der Waals surface area contributed by atoms with E-state index in [1.807, 2.05) is 13.0 Å². The highest BCUT2D eigenvalue weighted by molar-refractivity contribution is 6.31. The van der Waals surface area contributed by atoms with Gasteiger partial charge in [0.05, 0.1) is 12.7 Å². The number of hydrogen-bond acceptors (Lipinski definition) is 4. The Morgan fingerprint density at radius 2 is 2.30 bits per heavy atom. The van der Waals surface area contributed by atoms with Crippen molar-refractivity contribution in [3.05, 3.63) is 34.3 Å². The van der Waals surface area contributed by atoms with Crippen molar-refractivity contribution in [1.29, 1.82) is 0 Å². The molecular weight excluding hydrogens is 316 g/mol. The second kappa shape index (κ2) is 7.18. The van der Waals surface area contributed by atoms with Crippen LogP contribution in [0.15, 0.2) is 18.2 Å². The summed E-state index contributed by atoms with van der Waals surface area (Å²) in [5.41, 5.74) is 1.56. The van der Waals surface area contributed by atoms with Gasteiger partial charge >= 0.3 is 0 Å². The van der Waals surface area contributed by atoms with E-state index in [-0.39, 0.29) is 24.7 Å². The Balaban J connectivity index is 1.57. The first-order valence-corrected chi connectivity index (χ1v) is 8.48. The summed E-state index contributed by atoms with van der Waals surface area (Å²) in [6.07, 6.45) is 1.67. The van der Waals surface area contributed by atoms with E-state index in [9.17, 15) is 4.79 Å². The molecule has 0 unspecified atom stereocenters. The first-order chi connectivity index (χ1) is 11.1. The van der Waals surface area contributed by atoms with Crippen molar-refractivity contribution in [2.45, 2.75) is 38.0 Å². The molecule has 3 rings (SSSR count). The molecule has 1 aromatic carbocycles. The van der Waals surface area contributed by atoms with Gasteiger partial charge in [-0.15, -0.1) is 0 Å². The summed E-state index contributed by atoms with van der Waals surface area (Å²) < 4.78 is 5.77. The summed E-state index contributed by atoms with van der Waals surface area (Å²) in [6.45, 7) is 4.40. The van der Waals surface area contributed by atoms with Gasteiger partial charge in [0.2, 0.25) is 0 Å². The number of nitrogens with zero attached hydrogens (tertiary/aromatic N) is 1. The normalized spacial score (nSPS) is 27.7. The van der Waals surface area contributed by atoms with E-state index >= 15 is 0 Å². The van der Waals surface area contributed by atoms with Gasteiger partial charge in [-0.2, -0.15) is 0 Å². The van der Waals surface area contributed by atoms with Crippen LogP contribution in [0.25, 0.3) is 0 Å². The number of nitrogens with one attached hydrogen (secondary N) is 1. The molecule has 2 saturated heterocycles. The third-order valence-corrected chi connectivity index (χ3v) is 5.12. The Morgan fingerprint density at radius 3 is 3.04 bits per heavy atom. The van der Waals surface area contributed by atoms with E-state index in [1.165, 1.54) is 0 Å². The average Bonchev–Trinajstić information content (AvgIpc) is 2.91. The molecule has 2 aliphatic heterocycles. The zero-order chi connectivity index (χ0) is 16.4. The zero-order valence-electron chi connectivity index (χ0n) is 13.3. The fourth-order valence-electron chi connectivity index (χ4n) is 3.37. The highest BCUT2D eigenvalue weighted by atomic mass is 35.5. The number of fused-ring (bicyclic) bond motifs is 1. The van der Waals surface area contributed by atoms with Gasteiger partial charge in [0, 0.05) is 42.4 Å². The molecule has 0 aliphatic carbocycles. The van der Waals surface area contributed by atoms with E-state index < -0.39 is 0 Å². The van der Waals surface area contributed by atoms with E-state index in [1.54, 1.807) is 12.1 Å². The van der Waals surface area contributed by atoms with Crippen molar-refractivity contribution in [2.75, 3.05) is 26.3 Å². The molecule has 1 aromatic rings. The highest BCUT2D eigenvalue weighted by Gasteiger charge is 2.37. The summed E-state index contributed by atoms with van der Waals surface area (Å²) >= 11 is 6.09. The van der Waals surface area contributed by atoms with Gasteiger partial charge in [-0.3, -0.25) is 9.69 Å². The first-order valence-electron chi connectivity index (χ1n) is 8.10. The van der Waals surface area contributed by atoms with Crippen LogP contribution in [0.5, 0.6) is 0 Å². The number of hydrogen-bond donors (Lipinski definition) is 2. The standard InChI is InChI=1S/C17H23ClN2O3/c1-11-2-3-12(6-16(11)18)17(22)19-13-7-14-10-23-15(4-5-21)9-20(14)8-13/h2-3,6,13-15,21H,4-5,7-10H2,1H3,(H,19,22)/t13-,14-,15-/m0/s1. The van der Waals surface area contributed by atoms with E-state index in [2.05, 4.69) is 10.2 Å². The number of benzene rings is 1. The van der Waals surface area contributed by atoms with Crippen LogP contribution in [0, 0.1) is 6.92 Å². The van der Waals surface area contributed by atoms with E-state index in [0.29, 0.717) is 29.7 Å². The van der Waals surface area contributed by atoms with Crippen molar-refractivity contribution in [3.63, 3.8) is 0 Å². The summed E-state index contributed by atoms with van der Waals surface area (Å²) in [7, 11) is 0. The predicted octanol–water partition coefficient (Wildman–Crippen LogP) is 1.60. The lowest BCUT2D eigenvalue weighted by Crippen LogP contribution is -2.46. The molecule has 0 spiro atoms. The van der Waals surface area contributed by atoms with Gasteiger partial charge in [0.25, 0.3) is 5.91 Å². The minimum absolute atomic E-state index is 0.0791. The summed E-state index contributed by atoms with van der Waals surface area (Å²) in [4.78, 5) is 14.7. The van der Waals surface area contributed by atoms with Crippen LogP contribution in [-0.4, -0.2) is 60.4 Å². The Morgan fingerprint density at radius 1 is 1.48 bits per heavy atom. The average molecular weight is 339 g/mol. The Labute approximate surface area is 141 Å². The second-order valence-corrected chi connectivity index (χ2v) is 6.85. The van der Waals surface area contributed by atoms with Gasteiger partial charge in [-0.25, -0.2) is 0 Å². The van der Waals surface area contributed by atoms with Crippen LogP contribution in [-0.2, 0) is 4.74 Å². The molecule has 2 aliphatic rings. The van der Waals surface area contributed by atoms with Crippen LogP contribution in [0.4, 0.5) is 0 Å². The highest BCUT2D eigenvalue weighted by Crippen LogP contribution is 2.25. The number of carbonyl (C=O) groups excluding carboxylic acids is 1. The number of aliphatic hydroxyl groups excluding tert-OH is 1. The van der Waals surface area contributed by atoms with Crippen LogP contribution < -0.4 is 5.32 Å². The van der Waals surface area contributed by atoms with Gasteiger partial charge in [0.1, 0.15) is 0 Å². The monoisotopic (exact) mass is 338 g/mol. The lowest BCUT2D eigenvalue weighted by Gasteiger charge is -2.34. The van der Waals surface area contributed by atoms with Gasteiger partial charge in [-0.1, -0.05) is 17.7 Å². The molecule has 23 heavy (non-hydrogen) atoms. The molecule has 1 amide bonds. The van der Waals surface area contributed by atoms with Crippen LogP contribution >= 0.6 is 11.6 Å². The Kier molecular flexibility index (Phi) is 5.21. The number of halogens is 1. The molecule has 0 bridgehead atoms. The fraction of sp³-hybridized carbons (Fsp3) is 0.588. The smallest absolute Gasteiger partial charge is 0.251 e. The number of aryl methyl sites for hydroxylation is 1. The second-order valence-electron chi connectivity index (χ2n) is 6.45. The molecule has 126 valence electrons. The summed E-state index contributed by atoms with van der Waals surface area (Å²) in [6, 6.07) is 5.87. The summed E-state index contributed by atoms with van der Waals surface area (Å²) in [5, 5.41) is 12.7. The largest absolute Gasteiger partial charge is 0.396 e. The number of rotatable bonds is 4. The maximum absolute atomic E-state index is 12.4. The molecular formula is C17H23ClN2O3. The molecule has 0 aromatic heterocycles. The molecule has 0 saturated carbocycles. The molecule has 2 heterocycles. The molecule has 6 heteroatoms. The van der Waals surface area contributed by atoms with Crippen molar-refractivity contribution < 1.29 is 14.6 Å². The summed E-state index contributed by atoms with van der Waals surface area (Å²) in [5.74, 6) is -0.0791. The van der Waals surface area contributed by atoms with Crippen LogP contribution in [0.2, 0.25) is 5.02 Å². The maximum Gasteiger partial charge on any atom is 0.251 e. The third kappa shape index (κ3) is 3.86. The SMILES string of the molecule is Cc1ccc(C(=O)N[C@H]2C[C@H]3CO[C@@H](CCO)CN3C2)cc1Cl. The van der Waals surface area contributed by atoms with Gasteiger partial charge in [-0.05, 0) is 37.5 Å². The fourth-order valence-corrected chi connectivity index (χ4v) is 3.55. The van der Waals surface area contributed by atoms with Crippen LogP contribution in [0.1, 0.15) is 28.8 Å². The van der Waals surface area contributed by atoms with E-state index in [4.69, 9.17) is 21.4 Å². The number of aliphatic hydroxyl groups is 1. The lowest BCUT2D eigenvalue weighted by molar-refractivity contribution is -0.0566. The van der Waals surface area contributed by atoms with Crippen molar-refractivity contribution in [2.24, 2.45) is 0 Å². The zero-order valence-corrected chi connectivity index (χ0v) is 14.1. The van der Waals surface area contributed by atoms with Crippen LogP contribution in [0.3, 0.4) is 0 Å². The van der Waals surface area contributed by atoms with Crippen molar-refractivity contribution in [3.8, 4) is 0 Å². The van der Waals surface area contributed by atoms with Crippen molar-refractivity contribution in [1.82, 2.24) is 10.2 Å². The van der Waals surface area contributed by atoms with Gasteiger partial charge in [0.15, 0.2) is 0 Å². The molecule has 5 nitrogen and oxygen atoms in total. The number of amides is 1. The third-order valence-electron chi connectivity index (χ3n) is 4.71. The topological polar surface area (TPSA) is 61.8 Å². The Bertz CT molecular complexity index is 581. The molecule has 0 radical (unpaired) electrons. The van der Waals surface area contributed by atoms with E-state index in [0.717, 1.165) is 25.1 Å². The quantitative estimate of drug-likeness (QED) is 0.875. The first kappa shape index (κ1) is 16.7.